The maximum absolute atomic E-state index is 13.5. The van der Waals surface area contributed by atoms with E-state index < -0.39 is 27.6 Å². The molecule has 0 saturated heterocycles. The van der Waals surface area contributed by atoms with E-state index in [0.29, 0.717) is 17.1 Å². The lowest BCUT2D eigenvalue weighted by atomic mass is 10.1. The summed E-state index contributed by atoms with van der Waals surface area (Å²) >= 11 is 0. The zero-order chi connectivity index (χ0) is 21.4. The lowest BCUT2D eigenvalue weighted by Crippen LogP contribution is -2.57. The summed E-state index contributed by atoms with van der Waals surface area (Å²) in [5, 5.41) is 9.16. The second-order valence-electron chi connectivity index (χ2n) is 7.85. The number of para-hydroxylation sites is 2. The first-order valence-electron chi connectivity index (χ1n) is 9.12. The Hall–Kier alpha value is -2.78. The number of ether oxygens (including phenoxy) is 1. The minimum atomic E-state index is -4.08. The minimum Gasteiger partial charge on any atom is -0.488 e. The van der Waals surface area contributed by atoms with E-state index in [2.05, 4.69) is 0 Å². The molecular weight excluding hydrogens is 394 g/mol. The first-order chi connectivity index (χ1) is 13.5. The number of hydrogen-bond acceptors (Lipinski definition) is 6. The van der Waals surface area contributed by atoms with Gasteiger partial charge in [-0.2, -0.15) is 0 Å². The molecule has 1 amide bonds. The molecule has 0 saturated carbocycles. The van der Waals surface area contributed by atoms with Crippen LogP contribution in [0.15, 0.2) is 53.4 Å². The number of anilines is 2. The Kier molecular flexibility index (Phi) is 5.46. The highest BCUT2D eigenvalue weighted by Crippen LogP contribution is 2.38. The van der Waals surface area contributed by atoms with Gasteiger partial charge in [-0.3, -0.25) is 10.0 Å². The van der Waals surface area contributed by atoms with E-state index in [1.54, 1.807) is 53.8 Å². The third kappa shape index (κ3) is 4.15. The zero-order valence-electron chi connectivity index (χ0n) is 16.8. The Bertz CT molecular complexity index is 1000. The molecule has 9 heteroatoms. The quantitative estimate of drug-likeness (QED) is 0.583. The smallest absolute Gasteiger partial charge is 0.269 e. The summed E-state index contributed by atoms with van der Waals surface area (Å²) in [5.41, 5.74) is 2.20. The van der Waals surface area contributed by atoms with Gasteiger partial charge in [-0.25, -0.2) is 18.2 Å². The molecule has 1 aliphatic rings. The predicted molar refractivity (Wildman–Crippen MR) is 110 cm³/mol. The van der Waals surface area contributed by atoms with Gasteiger partial charge in [-0.05, 0) is 57.2 Å². The molecule has 0 radical (unpaired) electrons. The molecule has 0 unspecified atom stereocenters. The Morgan fingerprint density at radius 3 is 2.24 bits per heavy atom. The average Bonchev–Trinajstić information content (AvgIpc) is 2.66. The molecule has 2 aromatic carbocycles. The highest BCUT2D eigenvalue weighted by atomic mass is 32.2. The molecule has 0 spiro atoms. The van der Waals surface area contributed by atoms with Gasteiger partial charge < -0.3 is 9.64 Å². The number of hydrogen-bond donors (Lipinski definition) is 2. The molecule has 0 bridgehead atoms. The number of fused-ring (bicyclic) bond motifs is 1. The SMILES string of the molecule is CN1C[C@H](C(=O)NO)N(S(=O)(=O)c2ccc(OC(C)(C)C)cc2)c2ccccc21. The predicted octanol–water partition coefficient (Wildman–Crippen LogP) is 2.38. The van der Waals surface area contributed by atoms with Crippen molar-refractivity contribution in [3.8, 4) is 5.75 Å². The molecule has 2 aromatic rings. The van der Waals surface area contributed by atoms with E-state index in [1.807, 2.05) is 20.8 Å². The van der Waals surface area contributed by atoms with Gasteiger partial charge in [-0.1, -0.05) is 12.1 Å². The number of rotatable bonds is 4. The van der Waals surface area contributed by atoms with Crippen LogP contribution >= 0.6 is 0 Å². The summed E-state index contributed by atoms with van der Waals surface area (Å²) in [6.45, 7) is 5.79. The van der Waals surface area contributed by atoms with E-state index >= 15 is 0 Å². The first kappa shape index (κ1) is 20.9. The van der Waals surface area contributed by atoms with Gasteiger partial charge in [0.25, 0.3) is 15.9 Å². The summed E-state index contributed by atoms with van der Waals surface area (Å²) < 4.78 is 33.8. The normalized spacial score (nSPS) is 16.9. The summed E-state index contributed by atoms with van der Waals surface area (Å²) in [6, 6.07) is 11.9. The van der Waals surface area contributed by atoms with Crippen LogP contribution in [0.25, 0.3) is 0 Å². The maximum Gasteiger partial charge on any atom is 0.269 e. The third-order valence-electron chi connectivity index (χ3n) is 4.48. The monoisotopic (exact) mass is 419 g/mol. The van der Waals surface area contributed by atoms with Crippen molar-refractivity contribution < 1.29 is 23.2 Å². The van der Waals surface area contributed by atoms with Gasteiger partial charge in [0.15, 0.2) is 0 Å². The summed E-state index contributed by atoms with van der Waals surface area (Å²) in [7, 11) is -2.32. The molecular formula is C20H25N3O5S. The van der Waals surface area contributed by atoms with Crippen molar-refractivity contribution in [2.24, 2.45) is 0 Å². The lowest BCUT2D eigenvalue weighted by molar-refractivity contribution is -0.130. The van der Waals surface area contributed by atoms with Crippen LogP contribution in [-0.2, 0) is 14.8 Å². The molecule has 29 heavy (non-hydrogen) atoms. The number of carbonyl (C=O) groups is 1. The van der Waals surface area contributed by atoms with Crippen LogP contribution < -0.4 is 19.4 Å². The standard InChI is InChI=1S/C20H25N3O5S/c1-20(2,3)28-14-9-11-15(12-10-14)29(26,27)23-17-8-6-5-7-16(17)22(4)13-18(23)19(24)21-25/h5-12,18,25H,13H2,1-4H3,(H,21,24)/t18-/m1/s1. The molecule has 0 aliphatic carbocycles. The Morgan fingerprint density at radius 1 is 1.10 bits per heavy atom. The molecule has 0 fully saturated rings. The molecule has 2 N–H and O–H groups in total. The fourth-order valence-electron chi connectivity index (χ4n) is 3.28. The van der Waals surface area contributed by atoms with Crippen LogP contribution in [0.3, 0.4) is 0 Å². The Morgan fingerprint density at radius 2 is 1.69 bits per heavy atom. The first-order valence-corrected chi connectivity index (χ1v) is 10.6. The number of likely N-dealkylation sites (N-methyl/N-ethyl adjacent to an activating group) is 1. The van der Waals surface area contributed by atoms with Crippen molar-refractivity contribution in [1.29, 1.82) is 0 Å². The van der Waals surface area contributed by atoms with Gasteiger partial charge in [0, 0.05) is 13.6 Å². The Labute approximate surface area is 170 Å². The van der Waals surface area contributed by atoms with Crippen molar-refractivity contribution in [2.45, 2.75) is 37.3 Å². The zero-order valence-corrected chi connectivity index (χ0v) is 17.6. The van der Waals surface area contributed by atoms with Crippen LogP contribution in [0.4, 0.5) is 11.4 Å². The summed E-state index contributed by atoms with van der Waals surface area (Å²) in [5.74, 6) is -0.262. The van der Waals surface area contributed by atoms with Gasteiger partial charge >= 0.3 is 0 Å². The van der Waals surface area contributed by atoms with Crippen molar-refractivity contribution in [3.05, 3.63) is 48.5 Å². The lowest BCUT2D eigenvalue weighted by Gasteiger charge is -2.41. The minimum absolute atomic E-state index is 0.0221. The largest absolute Gasteiger partial charge is 0.488 e. The topological polar surface area (TPSA) is 99.2 Å². The van der Waals surface area contributed by atoms with E-state index in [9.17, 15) is 13.2 Å². The van der Waals surface area contributed by atoms with Crippen LogP contribution in [0.5, 0.6) is 5.75 Å². The second kappa shape index (κ2) is 7.57. The molecule has 156 valence electrons. The van der Waals surface area contributed by atoms with Crippen LogP contribution in [0.2, 0.25) is 0 Å². The van der Waals surface area contributed by atoms with E-state index in [0.717, 1.165) is 4.31 Å². The van der Waals surface area contributed by atoms with E-state index in [-0.39, 0.29) is 11.4 Å². The molecule has 0 aromatic heterocycles. The van der Waals surface area contributed by atoms with Crippen LogP contribution in [0, 0.1) is 0 Å². The van der Waals surface area contributed by atoms with Gasteiger partial charge in [0.1, 0.15) is 17.4 Å². The number of hydroxylamine groups is 1. The van der Waals surface area contributed by atoms with E-state index in [4.69, 9.17) is 9.94 Å². The highest BCUT2D eigenvalue weighted by molar-refractivity contribution is 7.93. The molecule has 1 heterocycles. The van der Waals surface area contributed by atoms with Gasteiger partial charge in [0.05, 0.1) is 16.3 Å². The fraction of sp³-hybridized carbons (Fsp3) is 0.350. The van der Waals surface area contributed by atoms with Crippen LogP contribution in [-0.4, -0.2) is 44.8 Å². The van der Waals surface area contributed by atoms with E-state index in [1.165, 1.54) is 12.1 Å². The number of carbonyl (C=O) groups excluding carboxylic acids is 1. The van der Waals surface area contributed by atoms with Gasteiger partial charge in [0.2, 0.25) is 0 Å². The summed E-state index contributed by atoms with van der Waals surface area (Å²) in [6.07, 6.45) is 0. The van der Waals surface area contributed by atoms with Crippen molar-refractivity contribution in [3.63, 3.8) is 0 Å². The maximum atomic E-state index is 13.5. The Balaban J connectivity index is 2.07. The number of nitrogens with one attached hydrogen (secondary N) is 1. The molecule has 3 rings (SSSR count). The van der Waals surface area contributed by atoms with Crippen molar-refractivity contribution >= 4 is 27.3 Å². The number of sulfonamides is 1. The number of nitrogens with zero attached hydrogens (tertiary/aromatic N) is 2. The average molecular weight is 420 g/mol. The second-order valence-corrected chi connectivity index (χ2v) is 9.66. The summed E-state index contributed by atoms with van der Waals surface area (Å²) in [4.78, 5) is 14.1. The fourth-order valence-corrected chi connectivity index (χ4v) is 4.90. The van der Waals surface area contributed by atoms with Crippen molar-refractivity contribution in [2.75, 3.05) is 22.8 Å². The molecule has 8 nitrogen and oxygen atoms in total. The van der Waals surface area contributed by atoms with Crippen LogP contribution in [0.1, 0.15) is 20.8 Å². The third-order valence-corrected chi connectivity index (χ3v) is 6.31. The van der Waals surface area contributed by atoms with Gasteiger partial charge in [-0.15, -0.1) is 0 Å². The molecule has 1 atom stereocenters. The highest BCUT2D eigenvalue weighted by Gasteiger charge is 2.41. The number of benzene rings is 2. The van der Waals surface area contributed by atoms with Crippen molar-refractivity contribution in [1.82, 2.24) is 5.48 Å². The number of amides is 1. The molecule has 1 aliphatic heterocycles.